The third kappa shape index (κ3) is 3.17. The van der Waals surface area contributed by atoms with Crippen LogP contribution in [0.2, 0.25) is 0 Å². The van der Waals surface area contributed by atoms with Crippen molar-refractivity contribution < 1.29 is 13.6 Å². The Bertz CT molecular complexity index is 745. The number of hydrogen-bond donors (Lipinski definition) is 1. The molecule has 0 aromatic heterocycles. The van der Waals surface area contributed by atoms with Crippen LogP contribution in [0.3, 0.4) is 0 Å². The van der Waals surface area contributed by atoms with Gasteiger partial charge in [0.05, 0.1) is 11.5 Å². The van der Waals surface area contributed by atoms with Gasteiger partial charge in [-0.3, -0.25) is 9.69 Å². The van der Waals surface area contributed by atoms with Gasteiger partial charge in [0.1, 0.15) is 17.4 Å². The molecular formula is C21H22F2N2O. The van der Waals surface area contributed by atoms with Gasteiger partial charge in [0, 0.05) is 32.6 Å². The molecule has 2 aliphatic rings. The van der Waals surface area contributed by atoms with E-state index in [2.05, 4.69) is 10.2 Å². The van der Waals surface area contributed by atoms with Crippen molar-refractivity contribution in [3.8, 4) is 0 Å². The predicted molar refractivity (Wildman–Crippen MR) is 95.8 cm³/mol. The zero-order valence-electron chi connectivity index (χ0n) is 14.6. The van der Waals surface area contributed by atoms with E-state index in [4.69, 9.17) is 0 Å². The van der Waals surface area contributed by atoms with E-state index in [1.165, 1.54) is 24.3 Å². The quantitative estimate of drug-likeness (QED) is 0.916. The zero-order chi connectivity index (χ0) is 18.1. The zero-order valence-corrected chi connectivity index (χ0v) is 14.6. The van der Waals surface area contributed by atoms with Gasteiger partial charge >= 0.3 is 0 Å². The van der Waals surface area contributed by atoms with E-state index in [-0.39, 0.29) is 23.1 Å². The first kappa shape index (κ1) is 17.3. The lowest BCUT2D eigenvalue weighted by molar-refractivity contribution is -0.129. The Labute approximate surface area is 152 Å². The fourth-order valence-corrected chi connectivity index (χ4v) is 4.29. The number of halogens is 2. The molecular weight excluding hydrogens is 334 g/mol. The van der Waals surface area contributed by atoms with Crippen LogP contribution in [0, 0.1) is 17.0 Å². The van der Waals surface area contributed by atoms with Gasteiger partial charge in [0.25, 0.3) is 0 Å². The molecule has 1 spiro atoms. The van der Waals surface area contributed by atoms with Crippen molar-refractivity contribution in [3.63, 3.8) is 0 Å². The second-order valence-corrected chi connectivity index (χ2v) is 7.36. The molecule has 0 amide bonds. The van der Waals surface area contributed by atoms with Crippen molar-refractivity contribution >= 4 is 5.78 Å². The van der Waals surface area contributed by atoms with Crippen molar-refractivity contribution in [3.05, 3.63) is 71.3 Å². The van der Waals surface area contributed by atoms with Gasteiger partial charge < -0.3 is 5.32 Å². The van der Waals surface area contributed by atoms with Gasteiger partial charge in [-0.1, -0.05) is 24.3 Å². The Hall–Kier alpha value is -2.11. The fraction of sp³-hybridized carbons (Fsp3) is 0.381. The van der Waals surface area contributed by atoms with Crippen molar-refractivity contribution in [2.24, 2.45) is 5.41 Å². The molecule has 1 N–H and O–H groups in total. The maximum absolute atomic E-state index is 13.4. The summed E-state index contributed by atoms with van der Waals surface area (Å²) in [4.78, 5) is 14.9. The summed E-state index contributed by atoms with van der Waals surface area (Å²) in [5, 5.41) is 3.36. The standard InChI is InChI=1S/C21H22F2N2O/c22-17-5-1-15(2-6-17)20(16-3-7-18(23)8-4-16)25-12-10-21(14-25)13-24-11-9-19(21)26/h1-8,20,24H,9-14H2/t21-/m1/s1. The number of benzene rings is 2. The number of hydrogen-bond acceptors (Lipinski definition) is 3. The Kier molecular flexibility index (Phi) is 4.59. The number of rotatable bonds is 3. The van der Waals surface area contributed by atoms with Gasteiger partial charge in [-0.15, -0.1) is 0 Å². The topological polar surface area (TPSA) is 32.3 Å². The highest BCUT2D eigenvalue weighted by Crippen LogP contribution is 2.40. The van der Waals surface area contributed by atoms with Gasteiger partial charge in [-0.25, -0.2) is 8.78 Å². The molecule has 2 aromatic rings. The Morgan fingerprint density at radius 1 is 0.962 bits per heavy atom. The van der Waals surface area contributed by atoms with Gasteiger partial charge in [-0.05, 0) is 41.8 Å². The average Bonchev–Trinajstić information content (AvgIpc) is 3.06. The minimum Gasteiger partial charge on any atom is -0.315 e. The van der Waals surface area contributed by atoms with Crippen LogP contribution in [0.25, 0.3) is 0 Å². The molecule has 2 aliphatic heterocycles. The summed E-state index contributed by atoms with van der Waals surface area (Å²) in [6.07, 6.45) is 1.39. The molecule has 4 rings (SSSR count). The van der Waals surface area contributed by atoms with E-state index in [0.717, 1.165) is 30.6 Å². The molecule has 2 heterocycles. The monoisotopic (exact) mass is 356 g/mol. The normalized spacial score (nSPS) is 23.9. The molecule has 0 unspecified atom stereocenters. The van der Waals surface area contributed by atoms with Crippen LogP contribution in [0.4, 0.5) is 8.78 Å². The summed E-state index contributed by atoms with van der Waals surface area (Å²) in [6, 6.07) is 12.8. The first-order valence-corrected chi connectivity index (χ1v) is 9.06. The smallest absolute Gasteiger partial charge is 0.142 e. The highest BCUT2D eigenvalue weighted by Gasteiger charge is 2.47. The third-order valence-corrected chi connectivity index (χ3v) is 5.70. The highest BCUT2D eigenvalue weighted by atomic mass is 19.1. The Balaban J connectivity index is 1.68. The van der Waals surface area contributed by atoms with Crippen molar-refractivity contribution in [2.45, 2.75) is 18.9 Å². The number of likely N-dealkylation sites (tertiary alicyclic amines) is 1. The second-order valence-electron chi connectivity index (χ2n) is 7.36. The summed E-state index contributed by atoms with van der Waals surface area (Å²) >= 11 is 0. The van der Waals surface area contributed by atoms with E-state index in [1.807, 2.05) is 0 Å². The number of piperidine rings is 1. The van der Waals surface area contributed by atoms with Crippen LogP contribution in [0.5, 0.6) is 0 Å². The molecule has 3 nitrogen and oxygen atoms in total. The van der Waals surface area contributed by atoms with Crippen LogP contribution < -0.4 is 5.32 Å². The maximum atomic E-state index is 13.4. The molecule has 0 bridgehead atoms. The molecule has 2 saturated heterocycles. The first-order valence-electron chi connectivity index (χ1n) is 9.06. The van der Waals surface area contributed by atoms with Gasteiger partial charge in [0.15, 0.2) is 0 Å². The van der Waals surface area contributed by atoms with E-state index in [1.54, 1.807) is 24.3 Å². The van der Waals surface area contributed by atoms with Crippen molar-refractivity contribution in [1.29, 1.82) is 0 Å². The van der Waals surface area contributed by atoms with Crippen molar-refractivity contribution in [2.75, 3.05) is 26.2 Å². The Morgan fingerprint density at radius 2 is 1.54 bits per heavy atom. The maximum Gasteiger partial charge on any atom is 0.142 e. The number of nitrogens with one attached hydrogen (secondary N) is 1. The number of carbonyl (C=O) groups excluding carboxylic acids is 1. The number of ketones is 1. The Morgan fingerprint density at radius 3 is 2.08 bits per heavy atom. The molecule has 2 fully saturated rings. The fourth-order valence-electron chi connectivity index (χ4n) is 4.29. The lowest BCUT2D eigenvalue weighted by atomic mass is 9.79. The molecule has 0 radical (unpaired) electrons. The van der Waals surface area contributed by atoms with Crippen LogP contribution in [0.15, 0.2) is 48.5 Å². The van der Waals surface area contributed by atoms with E-state index in [0.29, 0.717) is 25.3 Å². The van der Waals surface area contributed by atoms with Crippen LogP contribution in [0.1, 0.15) is 30.0 Å². The summed E-state index contributed by atoms with van der Waals surface area (Å²) in [5.41, 5.74) is 1.56. The lowest BCUT2D eigenvalue weighted by Gasteiger charge is -2.34. The number of Topliss-reactive ketones (excluding diaryl/α,β-unsaturated/α-hetero) is 1. The highest BCUT2D eigenvalue weighted by molar-refractivity contribution is 5.86. The average molecular weight is 356 g/mol. The number of nitrogens with zero attached hydrogens (tertiary/aromatic N) is 1. The largest absolute Gasteiger partial charge is 0.315 e. The van der Waals surface area contributed by atoms with Crippen molar-refractivity contribution in [1.82, 2.24) is 10.2 Å². The first-order chi connectivity index (χ1) is 12.6. The number of carbonyl (C=O) groups is 1. The third-order valence-electron chi connectivity index (χ3n) is 5.70. The lowest BCUT2D eigenvalue weighted by Crippen LogP contribution is -2.49. The van der Waals surface area contributed by atoms with E-state index < -0.39 is 0 Å². The van der Waals surface area contributed by atoms with Gasteiger partial charge in [-0.2, -0.15) is 0 Å². The molecule has 1 atom stereocenters. The van der Waals surface area contributed by atoms with E-state index in [9.17, 15) is 13.6 Å². The molecule has 136 valence electrons. The van der Waals surface area contributed by atoms with Crippen LogP contribution >= 0.6 is 0 Å². The van der Waals surface area contributed by atoms with Crippen LogP contribution in [-0.2, 0) is 4.79 Å². The second kappa shape index (κ2) is 6.89. The van der Waals surface area contributed by atoms with E-state index >= 15 is 0 Å². The molecule has 2 aromatic carbocycles. The predicted octanol–water partition coefficient (Wildman–Crippen LogP) is 3.31. The van der Waals surface area contributed by atoms with Crippen LogP contribution in [-0.4, -0.2) is 36.9 Å². The SMILES string of the molecule is O=C1CCNC[C@@]12CCN(C(c1ccc(F)cc1)c1ccc(F)cc1)C2. The minimum atomic E-state index is -0.337. The molecule has 0 saturated carbocycles. The van der Waals surface area contributed by atoms with Gasteiger partial charge in [0.2, 0.25) is 0 Å². The summed E-state index contributed by atoms with van der Waals surface area (Å²) < 4.78 is 26.8. The minimum absolute atomic E-state index is 0.120. The summed E-state index contributed by atoms with van der Waals surface area (Å²) in [6.45, 7) is 2.91. The summed E-state index contributed by atoms with van der Waals surface area (Å²) in [7, 11) is 0. The molecule has 26 heavy (non-hydrogen) atoms. The molecule has 5 heteroatoms. The summed E-state index contributed by atoms with van der Waals surface area (Å²) in [5.74, 6) is -0.233. The molecule has 0 aliphatic carbocycles.